The van der Waals surface area contributed by atoms with Crippen molar-refractivity contribution in [1.29, 1.82) is 0 Å². The van der Waals surface area contributed by atoms with Crippen LogP contribution >= 0.6 is 0 Å². The number of nitrogens with zero attached hydrogens (tertiary/aromatic N) is 1. The van der Waals surface area contributed by atoms with Crippen LogP contribution in [0.15, 0.2) is 18.3 Å². The molecule has 1 rings (SSSR count). The SMILES string of the molecule is CC(Nc1ccc(C(N)=O)cn1)(C(=O)O)C(F)(F)F. The highest BCUT2D eigenvalue weighted by molar-refractivity contribution is 5.92. The van der Waals surface area contributed by atoms with E-state index in [0.29, 0.717) is 6.92 Å². The van der Waals surface area contributed by atoms with E-state index in [1.165, 1.54) is 0 Å². The van der Waals surface area contributed by atoms with Gasteiger partial charge in [0.05, 0.1) is 5.56 Å². The Labute approximate surface area is 105 Å². The molecule has 19 heavy (non-hydrogen) atoms. The molecule has 1 heterocycles. The molecule has 0 radical (unpaired) electrons. The molecular weight excluding hydrogens is 267 g/mol. The number of nitrogens with one attached hydrogen (secondary N) is 1. The summed E-state index contributed by atoms with van der Waals surface area (Å²) in [5, 5.41) is 10.5. The molecule has 0 fully saturated rings. The van der Waals surface area contributed by atoms with E-state index in [1.807, 2.05) is 0 Å². The third-order valence-corrected chi connectivity index (χ3v) is 2.42. The Kier molecular flexibility index (Phi) is 3.68. The fourth-order valence-electron chi connectivity index (χ4n) is 1.12. The number of anilines is 1. The van der Waals surface area contributed by atoms with Crippen molar-refractivity contribution in [3.05, 3.63) is 23.9 Å². The Bertz CT molecular complexity index is 501. The number of hydrogen-bond acceptors (Lipinski definition) is 4. The lowest BCUT2D eigenvalue weighted by atomic mass is 10.0. The summed E-state index contributed by atoms with van der Waals surface area (Å²) in [5.74, 6) is -3.23. The maximum absolute atomic E-state index is 12.7. The number of hydrogen-bond donors (Lipinski definition) is 3. The topological polar surface area (TPSA) is 105 Å². The number of halogens is 3. The van der Waals surface area contributed by atoms with Crippen molar-refractivity contribution in [2.24, 2.45) is 5.73 Å². The first-order valence-corrected chi connectivity index (χ1v) is 4.92. The van der Waals surface area contributed by atoms with Gasteiger partial charge < -0.3 is 16.2 Å². The van der Waals surface area contributed by atoms with Gasteiger partial charge in [0.1, 0.15) is 5.82 Å². The van der Waals surface area contributed by atoms with Crippen LogP contribution in [-0.4, -0.2) is 33.7 Å². The number of carbonyl (C=O) groups excluding carboxylic acids is 1. The molecule has 104 valence electrons. The molecule has 0 saturated heterocycles. The van der Waals surface area contributed by atoms with E-state index in [9.17, 15) is 22.8 Å². The molecule has 1 unspecified atom stereocenters. The molecule has 0 bridgehead atoms. The number of pyridine rings is 1. The summed E-state index contributed by atoms with van der Waals surface area (Å²) in [6, 6.07) is 2.17. The molecule has 1 aromatic rings. The summed E-state index contributed by atoms with van der Waals surface area (Å²) < 4.78 is 38.1. The molecule has 6 nitrogen and oxygen atoms in total. The summed E-state index contributed by atoms with van der Waals surface area (Å²) in [6.45, 7) is 0.471. The van der Waals surface area contributed by atoms with Gasteiger partial charge >= 0.3 is 12.1 Å². The van der Waals surface area contributed by atoms with E-state index >= 15 is 0 Å². The van der Waals surface area contributed by atoms with Gasteiger partial charge in [0.2, 0.25) is 11.4 Å². The molecule has 1 amide bonds. The van der Waals surface area contributed by atoms with Crippen LogP contribution in [0.1, 0.15) is 17.3 Å². The molecule has 4 N–H and O–H groups in total. The molecule has 0 aliphatic heterocycles. The van der Waals surface area contributed by atoms with Crippen LogP contribution in [0, 0.1) is 0 Å². The van der Waals surface area contributed by atoms with Crippen LogP contribution < -0.4 is 11.1 Å². The van der Waals surface area contributed by atoms with Crippen LogP contribution in [0.5, 0.6) is 0 Å². The predicted octanol–water partition coefficient (Wildman–Crippen LogP) is 0.998. The zero-order valence-electron chi connectivity index (χ0n) is 9.65. The number of carbonyl (C=O) groups is 2. The first-order valence-electron chi connectivity index (χ1n) is 4.92. The lowest BCUT2D eigenvalue weighted by molar-refractivity contribution is -0.192. The number of carboxylic acids is 1. The van der Waals surface area contributed by atoms with Gasteiger partial charge in [-0.3, -0.25) is 4.79 Å². The number of carboxylic acid groups (broad SMARTS) is 1. The monoisotopic (exact) mass is 277 g/mol. The molecular formula is C10H10F3N3O3. The van der Waals surface area contributed by atoms with Crippen LogP contribution in [0.25, 0.3) is 0 Å². The number of aliphatic carboxylic acids is 1. The van der Waals surface area contributed by atoms with Crippen LogP contribution in [0.3, 0.4) is 0 Å². The summed E-state index contributed by atoms with van der Waals surface area (Å²) in [6.07, 6.45) is -4.08. The van der Waals surface area contributed by atoms with Gasteiger partial charge in [0.25, 0.3) is 0 Å². The van der Waals surface area contributed by atoms with E-state index in [0.717, 1.165) is 18.3 Å². The predicted molar refractivity (Wildman–Crippen MR) is 58.5 cm³/mol. The molecule has 0 saturated carbocycles. The summed E-state index contributed by atoms with van der Waals surface area (Å²) >= 11 is 0. The second-order valence-electron chi connectivity index (χ2n) is 3.85. The van der Waals surface area contributed by atoms with E-state index in [-0.39, 0.29) is 11.4 Å². The van der Waals surface area contributed by atoms with Crippen LogP contribution in [0.2, 0.25) is 0 Å². The van der Waals surface area contributed by atoms with Crippen LogP contribution in [0.4, 0.5) is 19.0 Å². The lowest BCUT2D eigenvalue weighted by Crippen LogP contribution is -2.55. The first kappa shape index (κ1) is 14.7. The maximum atomic E-state index is 12.7. The molecule has 1 atom stereocenters. The van der Waals surface area contributed by atoms with E-state index in [1.54, 1.807) is 5.32 Å². The Balaban J connectivity index is 3.05. The van der Waals surface area contributed by atoms with Gasteiger partial charge in [0.15, 0.2) is 0 Å². The van der Waals surface area contributed by atoms with Crippen LogP contribution in [-0.2, 0) is 4.79 Å². The highest BCUT2D eigenvalue weighted by atomic mass is 19.4. The summed E-state index contributed by atoms with van der Waals surface area (Å²) in [5.41, 5.74) is 1.74. The zero-order valence-corrected chi connectivity index (χ0v) is 9.65. The molecule has 0 spiro atoms. The van der Waals surface area contributed by atoms with Crippen molar-refractivity contribution >= 4 is 17.7 Å². The van der Waals surface area contributed by atoms with Gasteiger partial charge in [-0.05, 0) is 19.1 Å². The Morgan fingerprint density at radius 3 is 2.26 bits per heavy atom. The van der Waals surface area contributed by atoms with E-state index in [4.69, 9.17) is 10.8 Å². The highest BCUT2D eigenvalue weighted by Gasteiger charge is 2.57. The third kappa shape index (κ3) is 2.92. The fourth-order valence-corrected chi connectivity index (χ4v) is 1.12. The lowest BCUT2D eigenvalue weighted by Gasteiger charge is -2.28. The molecule has 0 aliphatic rings. The van der Waals surface area contributed by atoms with Crippen molar-refractivity contribution in [3.8, 4) is 0 Å². The van der Waals surface area contributed by atoms with Gasteiger partial charge in [-0.25, -0.2) is 9.78 Å². The van der Waals surface area contributed by atoms with Crippen molar-refractivity contribution in [2.45, 2.75) is 18.6 Å². The van der Waals surface area contributed by atoms with Crippen molar-refractivity contribution in [2.75, 3.05) is 5.32 Å². The average Bonchev–Trinajstić information content (AvgIpc) is 2.27. The standard InChI is InChI=1S/C10H10F3N3O3/c1-9(8(18)19,10(11,12)13)16-6-3-2-5(4-15-6)7(14)17/h2-4H,1H3,(H2,14,17)(H,15,16)(H,18,19). The number of amides is 1. The van der Waals surface area contributed by atoms with Crippen molar-refractivity contribution < 1.29 is 27.9 Å². The van der Waals surface area contributed by atoms with E-state index < -0.39 is 23.6 Å². The number of primary amides is 1. The molecule has 0 aliphatic carbocycles. The number of nitrogens with two attached hydrogens (primary N) is 1. The van der Waals surface area contributed by atoms with E-state index in [2.05, 4.69) is 4.98 Å². The zero-order chi connectivity index (χ0) is 14.8. The minimum atomic E-state index is -5.02. The molecule has 9 heteroatoms. The smallest absolute Gasteiger partial charge is 0.422 e. The quantitative estimate of drug-likeness (QED) is 0.761. The van der Waals surface area contributed by atoms with Gasteiger partial charge in [-0.1, -0.05) is 0 Å². The number of alkyl halides is 3. The van der Waals surface area contributed by atoms with Gasteiger partial charge in [0, 0.05) is 6.20 Å². The second-order valence-corrected chi connectivity index (χ2v) is 3.85. The highest BCUT2D eigenvalue weighted by Crippen LogP contribution is 2.33. The summed E-state index contributed by atoms with van der Waals surface area (Å²) in [7, 11) is 0. The van der Waals surface area contributed by atoms with Crippen molar-refractivity contribution in [1.82, 2.24) is 4.98 Å². The summed E-state index contributed by atoms with van der Waals surface area (Å²) in [4.78, 5) is 25.0. The normalized spacial score (nSPS) is 14.5. The average molecular weight is 277 g/mol. The number of rotatable bonds is 4. The molecule has 0 aromatic carbocycles. The van der Waals surface area contributed by atoms with Gasteiger partial charge in [-0.2, -0.15) is 13.2 Å². The van der Waals surface area contributed by atoms with Crippen molar-refractivity contribution in [3.63, 3.8) is 0 Å². The fraction of sp³-hybridized carbons (Fsp3) is 0.300. The number of aromatic nitrogens is 1. The largest absolute Gasteiger partial charge is 0.479 e. The second kappa shape index (κ2) is 4.75. The maximum Gasteiger partial charge on any atom is 0.422 e. The third-order valence-electron chi connectivity index (χ3n) is 2.42. The Morgan fingerprint density at radius 1 is 1.37 bits per heavy atom. The Morgan fingerprint density at radius 2 is 1.95 bits per heavy atom. The first-order chi connectivity index (χ1) is 8.58. The minimum absolute atomic E-state index is 0.00501. The molecule has 1 aromatic heterocycles. The van der Waals surface area contributed by atoms with Gasteiger partial charge in [-0.15, -0.1) is 0 Å². The minimum Gasteiger partial charge on any atom is -0.479 e. The Hall–Kier alpha value is -2.32.